The van der Waals surface area contributed by atoms with Crippen LogP contribution in [-0.4, -0.2) is 10.9 Å². The van der Waals surface area contributed by atoms with Crippen LogP contribution < -0.4 is 5.32 Å². The number of hydrogen-bond acceptors (Lipinski definition) is 2. The summed E-state index contributed by atoms with van der Waals surface area (Å²) in [5, 5.41) is 2.72. The van der Waals surface area contributed by atoms with Gasteiger partial charge in [-0.15, -0.1) is 0 Å². The summed E-state index contributed by atoms with van der Waals surface area (Å²) in [6.07, 6.45) is 0. The molecule has 1 heterocycles. The number of carbonyl (C=O) groups is 1. The van der Waals surface area contributed by atoms with Crippen LogP contribution in [0.1, 0.15) is 21.7 Å². The molecule has 1 aromatic carbocycles. The van der Waals surface area contributed by atoms with Gasteiger partial charge in [0, 0.05) is 10.2 Å². The first kappa shape index (κ1) is 13.7. The lowest BCUT2D eigenvalue weighted by Gasteiger charge is -2.09. The Morgan fingerprint density at radius 2 is 2.00 bits per heavy atom. The van der Waals surface area contributed by atoms with Gasteiger partial charge in [0.1, 0.15) is 5.82 Å². The molecule has 0 unspecified atom stereocenters. The van der Waals surface area contributed by atoms with Crippen LogP contribution in [-0.2, 0) is 0 Å². The Bertz CT molecular complexity index is 643. The molecule has 0 radical (unpaired) electrons. The van der Waals surface area contributed by atoms with Crippen molar-refractivity contribution in [2.45, 2.75) is 13.8 Å². The van der Waals surface area contributed by atoms with Gasteiger partial charge in [0.2, 0.25) is 0 Å². The molecule has 0 bridgehead atoms. The predicted molar refractivity (Wildman–Crippen MR) is 75.8 cm³/mol. The Kier molecular flexibility index (Phi) is 3.95. The summed E-state index contributed by atoms with van der Waals surface area (Å²) in [6.45, 7) is 3.69. The van der Waals surface area contributed by atoms with E-state index in [1.54, 1.807) is 6.07 Å². The molecule has 0 atom stereocenters. The second kappa shape index (κ2) is 5.48. The minimum absolute atomic E-state index is 0.250. The van der Waals surface area contributed by atoms with Crippen molar-refractivity contribution < 1.29 is 9.18 Å². The van der Waals surface area contributed by atoms with Crippen molar-refractivity contribution in [2.24, 2.45) is 0 Å². The zero-order valence-electron chi connectivity index (χ0n) is 10.5. The second-order valence-corrected chi connectivity index (χ2v) is 5.02. The average Bonchev–Trinajstić information content (AvgIpc) is 2.35. The van der Waals surface area contributed by atoms with Gasteiger partial charge in [0.15, 0.2) is 0 Å². The number of aryl methyl sites for hydroxylation is 2. The molecular formula is C14H12BrFN2O. The van der Waals surface area contributed by atoms with E-state index in [0.29, 0.717) is 10.2 Å². The van der Waals surface area contributed by atoms with Gasteiger partial charge in [-0.2, -0.15) is 0 Å². The van der Waals surface area contributed by atoms with E-state index in [1.807, 2.05) is 19.9 Å². The van der Waals surface area contributed by atoms with Gasteiger partial charge in [-0.1, -0.05) is 0 Å². The third-order valence-corrected chi connectivity index (χ3v) is 3.34. The lowest BCUT2D eigenvalue weighted by atomic mass is 10.2. The van der Waals surface area contributed by atoms with Crippen molar-refractivity contribution in [2.75, 3.05) is 5.32 Å². The number of halogens is 2. The number of carbonyl (C=O) groups excluding carboxylic acids is 1. The topological polar surface area (TPSA) is 42.0 Å². The Morgan fingerprint density at radius 1 is 1.26 bits per heavy atom. The fourth-order valence-corrected chi connectivity index (χ4v) is 2.11. The molecule has 0 saturated heterocycles. The number of amides is 1. The number of pyridine rings is 1. The smallest absolute Gasteiger partial charge is 0.256 e. The zero-order valence-corrected chi connectivity index (χ0v) is 12.1. The van der Waals surface area contributed by atoms with Crippen molar-refractivity contribution in [3.05, 3.63) is 57.6 Å². The summed E-state index contributed by atoms with van der Waals surface area (Å²) in [5.41, 5.74) is 2.47. The third-order valence-electron chi connectivity index (χ3n) is 2.65. The Labute approximate surface area is 119 Å². The summed E-state index contributed by atoms with van der Waals surface area (Å²) in [5.74, 6) is -0.827. The molecule has 98 valence electrons. The van der Waals surface area contributed by atoms with E-state index in [4.69, 9.17) is 0 Å². The molecule has 1 N–H and O–H groups in total. The van der Waals surface area contributed by atoms with Crippen LogP contribution in [0.25, 0.3) is 0 Å². The van der Waals surface area contributed by atoms with Gasteiger partial charge in [0.05, 0.1) is 16.9 Å². The van der Waals surface area contributed by atoms with Crippen LogP contribution in [0.2, 0.25) is 0 Å². The van der Waals surface area contributed by atoms with Gasteiger partial charge >= 0.3 is 0 Å². The molecule has 19 heavy (non-hydrogen) atoms. The van der Waals surface area contributed by atoms with E-state index in [2.05, 4.69) is 26.2 Å². The highest BCUT2D eigenvalue weighted by molar-refractivity contribution is 9.10. The van der Waals surface area contributed by atoms with Gasteiger partial charge < -0.3 is 5.32 Å². The largest absolute Gasteiger partial charge is 0.320 e. The fourth-order valence-electron chi connectivity index (χ4n) is 1.68. The number of hydrogen-bond donors (Lipinski definition) is 1. The SMILES string of the molecule is Cc1ccc(NC(=O)c2cc(F)ccc2Br)c(C)n1. The lowest BCUT2D eigenvalue weighted by Crippen LogP contribution is -2.14. The maximum absolute atomic E-state index is 13.2. The van der Waals surface area contributed by atoms with E-state index in [1.165, 1.54) is 18.2 Å². The molecule has 5 heteroatoms. The zero-order chi connectivity index (χ0) is 14.0. The number of nitrogens with one attached hydrogen (secondary N) is 1. The molecule has 1 amide bonds. The van der Waals surface area contributed by atoms with Crippen LogP contribution in [0.3, 0.4) is 0 Å². The Balaban J connectivity index is 2.28. The van der Waals surface area contributed by atoms with Gasteiger partial charge in [-0.3, -0.25) is 9.78 Å². The maximum atomic E-state index is 13.2. The molecule has 0 aliphatic rings. The van der Waals surface area contributed by atoms with Crippen LogP contribution >= 0.6 is 15.9 Å². The molecule has 0 aliphatic carbocycles. The number of nitrogens with zero attached hydrogens (tertiary/aromatic N) is 1. The second-order valence-electron chi connectivity index (χ2n) is 4.16. The summed E-state index contributed by atoms with van der Waals surface area (Å²) in [4.78, 5) is 16.3. The average molecular weight is 323 g/mol. The van der Waals surface area contributed by atoms with Gasteiger partial charge in [-0.05, 0) is 60.1 Å². The molecule has 1 aromatic heterocycles. The summed E-state index contributed by atoms with van der Waals surface area (Å²) in [6, 6.07) is 7.58. The first-order chi connectivity index (χ1) is 8.97. The van der Waals surface area contributed by atoms with E-state index in [0.717, 1.165) is 11.4 Å². The maximum Gasteiger partial charge on any atom is 0.256 e. The Morgan fingerprint density at radius 3 is 2.68 bits per heavy atom. The highest BCUT2D eigenvalue weighted by atomic mass is 79.9. The highest BCUT2D eigenvalue weighted by Gasteiger charge is 2.12. The monoisotopic (exact) mass is 322 g/mol. The number of aromatic nitrogens is 1. The molecule has 2 aromatic rings. The van der Waals surface area contributed by atoms with Gasteiger partial charge in [-0.25, -0.2) is 4.39 Å². The van der Waals surface area contributed by atoms with Crippen LogP contribution in [0.5, 0.6) is 0 Å². The minimum atomic E-state index is -0.452. The third kappa shape index (κ3) is 3.17. The predicted octanol–water partition coefficient (Wildman–Crippen LogP) is 3.85. The number of rotatable bonds is 2. The molecular weight excluding hydrogens is 311 g/mol. The summed E-state index contributed by atoms with van der Waals surface area (Å²) in [7, 11) is 0. The van der Waals surface area contributed by atoms with Crippen molar-refractivity contribution in [1.82, 2.24) is 4.98 Å². The molecule has 0 aliphatic heterocycles. The molecule has 0 spiro atoms. The molecule has 0 fully saturated rings. The minimum Gasteiger partial charge on any atom is -0.320 e. The standard InChI is InChI=1S/C14H12BrFN2O/c1-8-3-6-13(9(2)17-8)18-14(19)11-7-10(16)4-5-12(11)15/h3-7H,1-2H3,(H,18,19). The lowest BCUT2D eigenvalue weighted by molar-refractivity contribution is 0.102. The van der Waals surface area contributed by atoms with E-state index < -0.39 is 5.82 Å². The van der Waals surface area contributed by atoms with Crippen molar-refractivity contribution in [3.63, 3.8) is 0 Å². The van der Waals surface area contributed by atoms with Crippen molar-refractivity contribution >= 4 is 27.5 Å². The van der Waals surface area contributed by atoms with Crippen LogP contribution in [0.15, 0.2) is 34.8 Å². The molecule has 2 rings (SSSR count). The summed E-state index contributed by atoms with van der Waals surface area (Å²) < 4.78 is 13.7. The molecule has 3 nitrogen and oxygen atoms in total. The number of benzene rings is 1. The van der Waals surface area contributed by atoms with E-state index >= 15 is 0 Å². The summed E-state index contributed by atoms with van der Waals surface area (Å²) >= 11 is 3.23. The first-order valence-electron chi connectivity index (χ1n) is 5.68. The number of anilines is 1. The first-order valence-corrected chi connectivity index (χ1v) is 6.47. The quantitative estimate of drug-likeness (QED) is 0.912. The van der Waals surface area contributed by atoms with Crippen molar-refractivity contribution in [3.8, 4) is 0 Å². The fraction of sp³-hybridized carbons (Fsp3) is 0.143. The van der Waals surface area contributed by atoms with Gasteiger partial charge in [0.25, 0.3) is 5.91 Å². The van der Waals surface area contributed by atoms with Crippen LogP contribution in [0.4, 0.5) is 10.1 Å². The normalized spacial score (nSPS) is 10.3. The van der Waals surface area contributed by atoms with Crippen LogP contribution in [0, 0.1) is 19.7 Å². The van der Waals surface area contributed by atoms with E-state index in [9.17, 15) is 9.18 Å². The van der Waals surface area contributed by atoms with E-state index in [-0.39, 0.29) is 11.5 Å². The Hall–Kier alpha value is -1.75. The molecule has 0 saturated carbocycles. The van der Waals surface area contributed by atoms with Crippen molar-refractivity contribution in [1.29, 1.82) is 0 Å². The highest BCUT2D eigenvalue weighted by Crippen LogP contribution is 2.20.